The number of hydrogen-bond donors (Lipinski definition) is 0. The van der Waals surface area contributed by atoms with Crippen LogP contribution in [0.15, 0.2) is 12.2 Å². The largest absolute Gasteiger partial charge is 0.465 e. The molecule has 0 rings (SSSR count). The number of allylic oxidation sites excluding steroid dienone is 1. The molecule has 0 aliphatic heterocycles. The summed E-state index contributed by atoms with van der Waals surface area (Å²) < 4.78 is 4.80. The van der Waals surface area contributed by atoms with Crippen LogP contribution in [0.25, 0.3) is 0 Å². The molecule has 0 atom stereocenters. The van der Waals surface area contributed by atoms with Gasteiger partial charge in [0, 0.05) is 6.42 Å². The number of esters is 1. The molecule has 0 aromatic carbocycles. The molecule has 0 fully saturated rings. The fourth-order valence-electron chi connectivity index (χ4n) is 0.510. The van der Waals surface area contributed by atoms with Crippen LogP contribution in [0.4, 0.5) is 0 Å². The number of carbonyl (C=O) groups excluding carboxylic acids is 1. The molecule has 0 aromatic heterocycles. The summed E-state index contributed by atoms with van der Waals surface area (Å²) in [5, 5.41) is 0. The van der Waals surface area contributed by atoms with Crippen molar-refractivity contribution in [3.05, 3.63) is 12.2 Å². The fraction of sp³-hybridized carbons (Fsp3) is 0.625. The van der Waals surface area contributed by atoms with Crippen molar-refractivity contribution < 1.29 is 9.53 Å². The minimum Gasteiger partial charge on any atom is -0.465 e. The smallest absolute Gasteiger partial charge is 0.305 e. The van der Waals surface area contributed by atoms with Gasteiger partial charge in [0.25, 0.3) is 0 Å². The zero-order valence-electron chi connectivity index (χ0n) is 6.59. The normalized spacial score (nSPS) is 10.2. The average molecular weight is 142 g/mol. The van der Waals surface area contributed by atoms with Crippen molar-refractivity contribution in [1.29, 1.82) is 0 Å². The summed E-state index contributed by atoms with van der Waals surface area (Å²) >= 11 is 0. The molecule has 0 radical (unpaired) electrons. The van der Waals surface area contributed by atoms with Crippen LogP contribution in [-0.2, 0) is 9.53 Å². The summed E-state index contributed by atoms with van der Waals surface area (Å²) in [6, 6.07) is 0. The lowest BCUT2D eigenvalue weighted by atomic mass is 10.4. The molecule has 2 heteroatoms. The fourth-order valence-corrected chi connectivity index (χ4v) is 0.510. The minimum atomic E-state index is -0.121. The molecule has 2 nitrogen and oxygen atoms in total. The van der Waals surface area contributed by atoms with E-state index in [1.54, 1.807) is 6.92 Å². The molecule has 0 spiro atoms. The Morgan fingerprint density at radius 3 is 2.80 bits per heavy atom. The molecule has 0 heterocycles. The molecule has 0 aliphatic carbocycles. The van der Waals surface area contributed by atoms with E-state index in [1.165, 1.54) is 0 Å². The van der Waals surface area contributed by atoms with Gasteiger partial charge in [-0.3, -0.25) is 4.79 Å². The van der Waals surface area contributed by atoms with Gasteiger partial charge in [-0.05, 0) is 13.3 Å². The highest BCUT2D eigenvalue weighted by Gasteiger charge is 1.94. The third-order valence-corrected chi connectivity index (χ3v) is 1.07. The maximum atomic E-state index is 10.5. The van der Waals surface area contributed by atoms with E-state index in [-0.39, 0.29) is 5.97 Å². The third kappa shape index (κ3) is 5.35. The van der Waals surface area contributed by atoms with Crippen LogP contribution in [0.5, 0.6) is 0 Å². The van der Waals surface area contributed by atoms with Crippen LogP contribution < -0.4 is 0 Å². The summed E-state index contributed by atoms with van der Waals surface area (Å²) in [4.78, 5) is 10.5. The number of ether oxygens (including phenoxy) is 1. The second kappa shape index (κ2) is 6.33. The van der Waals surface area contributed by atoms with Gasteiger partial charge in [0.2, 0.25) is 0 Å². The SMILES string of the molecule is CC=CCCOC(=O)CC. The Kier molecular flexibility index (Phi) is 5.83. The van der Waals surface area contributed by atoms with Gasteiger partial charge >= 0.3 is 5.97 Å². The molecule has 0 aromatic rings. The monoisotopic (exact) mass is 142 g/mol. The van der Waals surface area contributed by atoms with Crippen molar-refractivity contribution >= 4 is 5.97 Å². The Morgan fingerprint density at radius 1 is 1.60 bits per heavy atom. The van der Waals surface area contributed by atoms with Gasteiger partial charge in [0.05, 0.1) is 6.61 Å². The summed E-state index contributed by atoms with van der Waals surface area (Å²) in [6.45, 7) is 4.25. The highest BCUT2D eigenvalue weighted by molar-refractivity contribution is 5.68. The molecule has 58 valence electrons. The van der Waals surface area contributed by atoms with Crippen LogP contribution in [0.1, 0.15) is 26.7 Å². The quantitative estimate of drug-likeness (QED) is 0.340. The molecule has 0 saturated heterocycles. The number of hydrogen-bond acceptors (Lipinski definition) is 2. The zero-order valence-corrected chi connectivity index (χ0v) is 6.59. The van der Waals surface area contributed by atoms with Gasteiger partial charge in [-0.15, -0.1) is 0 Å². The van der Waals surface area contributed by atoms with Gasteiger partial charge in [-0.1, -0.05) is 19.1 Å². The maximum Gasteiger partial charge on any atom is 0.305 e. The highest BCUT2D eigenvalue weighted by Crippen LogP contribution is 1.88. The second-order valence-corrected chi connectivity index (χ2v) is 1.93. The second-order valence-electron chi connectivity index (χ2n) is 1.93. The summed E-state index contributed by atoms with van der Waals surface area (Å²) in [6.07, 6.45) is 5.21. The first-order valence-corrected chi connectivity index (χ1v) is 3.58. The Morgan fingerprint density at radius 2 is 2.30 bits per heavy atom. The van der Waals surface area contributed by atoms with Crippen molar-refractivity contribution in [2.24, 2.45) is 0 Å². The molecule has 0 N–H and O–H groups in total. The Labute approximate surface area is 61.9 Å². The maximum absolute atomic E-state index is 10.5. The summed E-state index contributed by atoms with van der Waals surface area (Å²) in [5.74, 6) is -0.121. The third-order valence-electron chi connectivity index (χ3n) is 1.07. The lowest BCUT2D eigenvalue weighted by Crippen LogP contribution is -2.02. The van der Waals surface area contributed by atoms with E-state index >= 15 is 0 Å². The van der Waals surface area contributed by atoms with Crippen molar-refractivity contribution in [2.75, 3.05) is 6.61 Å². The molecule has 0 saturated carbocycles. The average Bonchev–Trinajstić information content (AvgIpc) is 1.98. The van der Waals surface area contributed by atoms with E-state index < -0.39 is 0 Å². The summed E-state index contributed by atoms with van der Waals surface area (Å²) in [7, 11) is 0. The van der Waals surface area contributed by atoms with E-state index in [2.05, 4.69) is 0 Å². The lowest BCUT2D eigenvalue weighted by molar-refractivity contribution is -0.143. The Balaban J connectivity index is 3.11. The molecule has 0 unspecified atom stereocenters. The molecule has 0 bridgehead atoms. The molecule has 0 aliphatic rings. The van der Waals surface area contributed by atoms with Crippen LogP contribution in [0, 0.1) is 0 Å². The zero-order chi connectivity index (χ0) is 7.82. The molecular weight excluding hydrogens is 128 g/mol. The van der Waals surface area contributed by atoms with Crippen LogP contribution >= 0.6 is 0 Å². The van der Waals surface area contributed by atoms with Crippen molar-refractivity contribution in [3.63, 3.8) is 0 Å². The van der Waals surface area contributed by atoms with Gasteiger partial charge < -0.3 is 4.74 Å². The van der Waals surface area contributed by atoms with Gasteiger partial charge in [0.15, 0.2) is 0 Å². The summed E-state index contributed by atoms with van der Waals surface area (Å²) in [5.41, 5.74) is 0. The highest BCUT2D eigenvalue weighted by atomic mass is 16.5. The first-order valence-electron chi connectivity index (χ1n) is 3.58. The first-order chi connectivity index (χ1) is 4.81. The molecule has 0 amide bonds. The van der Waals surface area contributed by atoms with Crippen molar-refractivity contribution in [3.8, 4) is 0 Å². The standard InChI is InChI=1S/C8H14O2/c1-3-5-6-7-10-8(9)4-2/h3,5H,4,6-7H2,1-2H3. The number of carbonyl (C=O) groups is 1. The van der Waals surface area contributed by atoms with E-state index in [9.17, 15) is 4.79 Å². The van der Waals surface area contributed by atoms with E-state index in [0.29, 0.717) is 13.0 Å². The van der Waals surface area contributed by atoms with Crippen molar-refractivity contribution in [2.45, 2.75) is 26.7 Å². The van der Waals surface area contributed by atoms with Crippen LogP contribution in [-0.4, -0.2) is 12.6 Å². The van der Waals surface area contributed by atoms with Crippen LogP contribution in [0.3, 0.4) is 0 Å². The van der Waals surface area contributed by atoms with Gasteiger partial charge in [-0.2, -0.15) is 0 Å². The minimum absolute atomic E-state index is 0.121. The predicted octanol–water partition coefficient (Wildman–Crippen LogP) is 1.91. The lowest BCUT2D eigenvalue weighted by Gasteiger charge is -1.98. The Hall–Kier alpha value is -0.790. The Bertz CT molecular complexity index is 116. The first kappa shape index (κ1) is 9.21. The van der Waals surface area contributed by atoms with Crippen LogP contribution in [0.2, 0.25) is 0 Å². The van der Waals surface area contributed by atoms with E-state index in [4.69, 9.17) is 4.74 Å². The number of rotatable bonds is 4. The van der Waals surface area contributed by atoms with E-state index in [1.807, 2.05) is 19.1 Å². The predicted molar refractivity (Wildman–Crippen MR) is 40.7 cm³/mol. The van der Waals surface area contributed by atoms with Crippen molar-refractivity contribution in [1.82, 2.24) is 0 Å². The molecule has 10 heavy (non-hydrogen) atoms. The van der Waals surface area contributed by atoms with Gasteiger partial charge in [0.1, 0.15) is 0 Å². The topological polar surface area (TPSA) is 26.3 Å². The molecular formula is C8H14O2. The van der Waals surface area contributed by atoms with E-state index in [0.717, 1.165) is 6.42 Å². The van der Waals surface area contributed by atoms with Gasteiger partial charge in [-0.25, -0.2) is 0 Å².